The number of thiophene rings is 1. The van der Waals surface area contributed by atoms with E-state index in [9.17, 15) is 32.3 Å². The Morgan fingerprint density at radius 1 is 1.26 bits per heavy atom. The van der Waals surface area contributed by atoms with Crippen molar-refractivity contribution >= 4 is 23.2 Å². The van der Waals surface area contributed by atoms with Crippen LogP contribution in [0.3, 0.4) is 0 Å². The van der Waals surface area contributed by atoms with Crippen LogP contribution in [0.2, 0.25) is 0 Å². The molecule has 1 aromatic carbocycles. The van der Waals surface area contributed by atoms with Gasteiger partial charge in [-0.05, 0) is 31.3 Å². The zero-order valence-corrected chi connectivity index (χ0v) is 19.8. The Hall–Kier alpha value is -2.58. The maximum absolute atomic E-state index is 13.6. The third-order valence-corrected chi connectivity index (χ3v) is 6.47. The van der Waals surface area contributed by atoms with Crippen LogP contribution in [0, 0.1) is 11.6 Å². The highest BCUT2D eigenvalue weighted by Crippen LogP contribution is 2.24. The smallest absolute Gasteiger partial charge is 0.283 e. The lowest BCUT2D eigenvalue weighted by molar-refractivity contribution is -0.113. The number of ether oxygens (including phenoxy) is 1. The van der Waals surface area contributed by atoms with Crippen molar-refractivity contribution in [2.45, 2.75) is 31.3 Å². The van der Waals surface area contributed by atoms with Crippen molar-refractivity contribution in [1.29, 1.82) is 0 Å². The summed E-state index contributed by atoms with van der Waals surface area (Å²) >= 11 is 1.03. The maximum Gasteiger partial charge on any atom is 0.283 e. The van der Waals surface area contributed by atoms with Crippen LogP contribution < -0.4 is 16.0 Å². The average molecular weight is 519 g/mol. The molecule has 0 saturated carbocycles. The van der Waals surface area contributed by atoms with Crippen LogP contribution in [0.25, 0.3) is 0 Å². The van der Waals surface area contributed by atoms with Gasteiger partial charge in [-0.3, -0.25) is 14.9 Å². The molecule has 2 amide bonds. The molecule has 1 saturated heterocycles. The number of halogens is 4. The first-order valence-electron chi connectivity index (χ1n) is 10.7. The van der Waals surface area contributed by atoms with Crippen molar-refractivity contribution in [2.75, 3.05) is 33.4 Å². The molecule has 1 aliphatic heterocycles. The topological polar surface area (TPSA) is 103 Å². The van der Waals surface area contributed by atoms with Crippen molar-refractivity contribution in [3.63, 3.8) is 0 Å². The Morgan fingerprint density at radius 2 is 1.94 bits per heavy atom. The SMILES string of the molecule is CNC(NC(O)C(C)(F)F)c1ccc(C(=O)NCC2COCCN2C(=O)c2cc(F)cc(F)c2)s1. The lowest BCUT2D eigenvalue weighted by Crippen LogP contribution is -2.53. The van der Waals surface area contributed by atoms with Crippen LogP contribution in [0.5, 0.6) is 0 Å². The minimum absolute atomic E-state index is 0.0179. The number of nitrogens with one attached hydrogen (secondary N) is 3. The predicted octanol–water partition coefficient (Wildman–Crippen LogP) is 2.08. The van der Waals surface area contributed by atoms with E-state index in [1.807, 2.05) is 0 Å². The molecule has 3 rings (SSSR count). The molecule has 1 aliphatic rings. The van der Waals surface area contributed by atoms with E-state index >= 15 is 0 Å². The molecule has 0 spiro atoms. The van der Waals surface area contributed by atoms with Crippen LogP contribution in [0.1, 0.15) is 38.0 Å². The van der Waals surface area contributed by atoms with Gasteiger partial charge in [0.15, 0.2) is 6.23 Å². The molecule has 2 heterocycles. The third kappa shape index (κ3) is 6.98. The third-order valence-electron chi connectivity index (χ3n) is 5.32. The molecular weight excluding hydrogens is 492 g/mol. The fraction of sp³-hybridized carbons (Fsp3) is 0.455. The van der Waals surface area contributed by atoms with Crippen LogP contribution in [-0.2, 0) is 4.74 Å². The summed E-state index contributed by atoms with van der Waals surface area (Å²) in [5, 5.41) is 17.4. The number of carbonyl (C=O) groups excluding carboxylic acids is 2. The fourth-order valence-electron chi connectivity index (χ4n) is 3.47. The maximum atomic E-state index is 13.6. The number of aliphatic hydroxyl groups excluding tert-OH is 1. The van der Waals surface area contributed by atoms with Gasteiger partial charge in [-0.2, -0.15) is 0 Å². The molecule has 1 aromatic heterocycles. The quantitative estimate of drug-likeness (QED) is 0.300. The Labute approximate surface area is 203 Å². The Kier molecular flexibility index (Phi) is 8.83. The molecular formula is C22H26F4N4O4S. The van der Waals surface area contributed by atoms with E-state index in [2.05, 4.69) is 16.0 Å². The number of carbonyl (C=O) groups is 2. The summed E-state index contributed by atoms with van der Waals surface area (Å²) in [6.45, 7) is 1.14. The highest BCUT2D eigenvalue weighted by Gasteiger charge is 2.34. The van der Waals surface area contributed by atoms with Gasteiger partial charge < -0.3 is 25.4 Å². The molecule has 2 aromatic rings. The standard InChI is InChI=1S/C22H26F4N4O4S/c1-22(25,26)21(33)29-18(27-2)16-3-4-17(35-16)19(31)28-10-15-11-34-6-5-30(15)20(32)12-7-13(23)9-14(24)8-12/h3-4,7-9,15,18,21,27,29,33H,5-6,10-11H2,1-2H3,(H,28,31). The zero-order chi connectivity index (χ0) is 25.8. The predicted molar refractivity (Wildman–Crippen MR) is 120 cm³/mol. The van der Waals surface area contributed by atoms with Gasteiger partial charge in [0.1, 0.15) is 11.6 Å². The van der Waals surface area contributed by atoms with Crippen molar-refractivity contribution in [2.24, 2.45) is 0 Å². The number of hydrogen-bond donors (Lipinski definition) is 4. The van der Waals surface area contributed by atoms with E-state index in [0.717, 1.165) is 23.5 Å². The minimum atomic E-state index is -3.37. The molecule has 0 bridgehead atoms. The highest BCUT2D eigenvalue weighted by atomic mass is 32.1. The monoisotopic (exact) mass is 518 g/mol. The lowest BCUT2D eigenvalue weighted by atomic mass is 10.1. The number of morpholine rings is 1. The summed E-state index contributed by atoms with van der Waals surface area (Å²) < 4.78 is 59.1. The van der Waals surface area contributed by atoms with Gasteiger partial charge in [-0.1, -0.05) is 0 Å². The van der Waals surface area contributed by atoms with E-state index in [4.69, 9.17) is 4.74 Å². The summed E-state index contributed by atoms with van der Waals surface area (Å²) in [6.07, 6.45) is -2.92. The second kappa shape index (κ2) is 11.4. The van der Waals surface area contributed by atoms with E-state index in [0.29, 0.717) is 17.9 Å². The molecule has 0 aliphatic carbocycles. The number of benzene rings is 1. The first kappa shape index (κ1) is 27.0. The number of alkyl halides is 2. The largest absolute Gasteiger partial charge is 0.377 e. The molecule has 4 N–H and O–H groups in total. The van der Waals surface area contributed by atoms with Crippen molar-refractivity contribution < 1.29 is 37.0 Å². The van der Waals surface area contributed by atoms with Crippen LogP contribution in [0.4, 0.5) is 17.6 Å². The average Bonchev–Trinajstić information content (AvgIpc) is 3.29. The summed E-state index contributed by atoms with van der Waals surface area (Å²) in [7, 11) is 1.51. The van der Waals surface area contributed by atoms with Crippen molar-refractivity contribution in [1.82, 2.24) is 20.9 Å². The van der Waals surface area contributed by atoms with E-state index in [1.165, 1.54) is 18.0 Å². The first-order chi connectivity index (χ1) is 16.5. The van der Waals surface area contributed by atoms with E-state index in [-0.39, 0.29) is 36.7 Å². The molecule has 13 heteroatoms. The van der Waals surface area contributed by atoms with Crippen LogP contribution in [-0.4, -0.2) is 73.4 Å². The number of rotatable bonds is 9. The first-order valence-corrected chi connectivity index (χ1v) is 11.5. The second-order valence-electron chi connectivity index (χ2n) is 8.04. The molecule has 0 radical (unpaired) electrons. The molecule has 8 nitrogen and oxygen atoms in total. The summed E-state index contributed by atoms with van der Waals surface area (Å²) in [4.78, 5) is 27.7. The summed E-state index contributed by atoms with van der Waals surface area (Å²) in [5.74, 6) is -6.16. The Morgan fingerprint density at radius 3 is 2.57 bits per heavy atom. The molecule has 3 atom stereocenters. The van der Waals surface area contributed by atoms with Gasteiger partial charge in [-0.25, -0.2) is 17.6 Å². The second-order valence-corrected chi connectivity index (χ2v) is 9.16. The van der Waals surface area contributed by atoms with Gasteiger partial charge >= 0.3 is 0 Å². The molecule has 35 heavy (non-hydrogen) atoms. The number of hydrogen-bond acceptors (Lipinski definition) is 7. The Balaban J connectivity index is 1.64. The lowest BCUT2D eigenvalue weighted by Gasteiger charge is -2.35. The van der Waals surface area contributed by atoms with Gasteiger partial charge in [0.2, 0.25) is 0 Å². The number of nitrogens with zero attached hydrogens (tertiary/aromatic N) is 1. The summed E-state index contributed by atoms with van der Waals surface area (Å²) in [5.41, 5.74) is -0.144. The minimum Gasteiger partial charge on any atom is -0.377 e. The number of aliphatic hydroxyl groups is 1. The molecule has 3 unspecified atom stereocenters. The highest BCUT2D eigenvalue weighted by molar-refractivity contribution is 7.14. The normalized spacial score (nSPS) is 18.3. The number of amides is 2. The van der Waals surface area contributed by atoms with Crippen LogP contribution in [0.15, 0.2) is 30.3 Å². The van der Waals surface area contributed by atoms with Gasteiger partial charge in [0, 0.05) is 36.5 Å². The Bertz CT molecular complexity index is 1030. The van der Waals surface area contributed by atoms with E-state index in [1.54, 1.807) is 6.07 Å². The van der Waals surface area contributed by atoms with Gasteiger partial charge in [0.05, 0.1) is 30.3 Å². The van der Waals surface area contributed by atoms with Crippen molar-refractivity contribution in [3.8, 4) is 0 Å². The van der Waals surface area contributed by atoms with Gasteiger partial charge in [-0.15, -0.1) is 11.3 Å². The fourth-order valence-corrected chi connectivity index (χ4v) is 4.47. The molecule has 192 valence electrons. The van der Waals surface area contributed by atoms with Crippen LogP contribution >= 0.6 is 11.3 Å². The molecule has 1 fully saturated rings. The zero-order valence-electron chi connectivity index (χ0n) is 19.0. The summed E-state index contributed by atoms with van der Waals surface area (Å²) in [6, 6.07) is 5.06. The van der Waals surface area contributed by atoms with Crippen molar-refractivity contribution in [3.05, 3.63) is 57.3 Å². The van der Waals surface area contributed by atoms with Gasteiger partial charge in [0.25, 0.3) is 17.7 Å². The van der Waals surface area contributed by atoms with E-state index < -0.39 is 47.8 Å².